The zero-order chi connectivity index (χ0) is 21.2. The van der Waals surface area contributed by atoms with Gasteiger partial charge in [0.05, 0.1) is 0 Å². The molecule has 1 heterocycles. The second-order valence-electron chi connectivity index (χ2n) is 7.12. The average Bonchev–Trinajstić information content (AvgIpc) is 3.21. The smallest absolute Gasteiger partial charge is 0.250 e. The first-order valence-electron chi connectivity index (χ1n) is 10.3. The van der Waals surface area contributed by atoms with Crippen LogP contribution in [0.5, 0.6) is 0 Å². The van der Waals surface area contributed by atoms with E-state index in [4.69, 9.17) is 0 Å². The average molecular weight is 484 g/mol. The molecule has 0 aliphatic carbocycles. The van der Waals surface area contributed by atoms with Crippen molar-refractivity contribution in [3.8, 4) is 10.6 Å². The maximum atomic E-state index is 12.2. The van der Waals surface area contributed by atoms with Gasteiger partial charge in [0.1, 0.15) is 0 Å². The van der Waals surface area contributed by atoms with Gasteiger partial charge in [-0.2, -0.15) is 0 Å². The summed E-state index contributed by atoms with van der Waals surface area (Å²) in [5.41, 5.74) is 3.31. The van der Waals surface area contributed by atoms with Gasteiger partial charge < -0.3 is 0 Å². The Morgan fingerprint density at radius 3 is 2.57 bits per heavy atom. The lowest BCUT2D eigenvalue weighted by molar-refractivity contribution is -0.111. The van der Waals surface area contributed by atoms with E-state index in [0.29, 0.717) is 5.13 Å². The Hall–Kier alpha value is -2.31. The third-order valence-corrected chi connectivity index (χ3v) is 6.30. The van der Waals surface area contributed by atoms with Gasteiger partial charge in [-0.1, -0.05) is 102 Å². The molecule has 156 valence electrons. The number of benzene rings is 2. The number of nitrogens with zero attached hydrogens (tertiary/aromatic N) is 2. The van der Waals surface area contributed by atoms with Crippen molar-refractivity contribution in [1.29, 1.82) is 0 Å². The molecule has 0 aliphatic rings. The molecule has 6 heteroatoms. The van der Waals surface area contributed by atoms with Crippen LogP contribution < -0.4 is 5.32 Å². The summed E-state index contributed by atoms with van der Waals surface area (Å²) in [5, 5.41) is 12.3. The quantitative estimate of drug-likeness (QED) is 0.246. The number of hydrogen-bond donors (Lipinski definition) is 1. The zero-order valence-corrected chi connectivity index (χ0v) is 19.5. The van der Waals surface area contributed by atoms with Crippen LogP contribution in [0.1, 0.15) is 50.2 Å². The van der Waals surface area contributed by atoms with E-state index in [9.17, 15) is 4.79 Å². The summed E-state index contributed by atoms with van der Waals surface area (Å²) in [6.45, 7) is 2.24. The van der Waals surface area contributed by atoms with Gasteiger partial charge in [0.25, 0.3) is 0 Å². The lowest BCUT2D eigenvalue weighted by Crippen LogP contribution is -2.07. The van der Waals surface area contributed by atoms with E-state index >= 15 is 0 Å². The Bertz CT molecular complexity index is 982. The molecule has 1 amide bonds. The summed E-state index contributed by atoms with van der Waals surface area (Å²) in [7, 11) is 0. The molecular formula is C24H26BrN3OS. The first kappa shape index (κ1) is 22.4. The number of aryl methyl sites for hydroxylation is 1. The fourth-order valence-electron chi connectivity index (χ4n) is 3.06. The van der Waals surface area contributed by atoms with E-state index in [1.54, 1.807) is 0 Å². The first-order valence-corrected chi connectivity index (χ1v) is 11.9. The molecule has 0 atom stereocenters. The van der Waals surface area contributed by atoms with Crippen LogP contribution in [0.4, 0.5) is 5.13 Å². The number of hydrogen-bond acceptors (Lipinski definition) is 4. The number of nitrogens with one attached hydrogen (secondary N) is 1. The Labute approximate surface area is 190 Å². The second-order valence-corrected chi connectivity index (χ2v) is 8.95. The maximum Gasteiger partial charge on any atom is 0.250 e. The highest BCUT2D eigenvalue weighted by Gasteiger charge is 2.10. The van der Waals surface area contributed by atoms with E-state index in [2.05, 4.69) is 62.6 Å². The van der Waals surface area contributed by atoms with Gasteiger partial charge in [-0.15, -0.1) is 10.2 Å². The van der Waals surface area contributed by atoms with Gasteiger partial charge >= 0.3 is 0 Å². The van der Waals surface area contributed by atoms with Gasteiger partial charge in [0.15, 0.2) is 5.01 Å². The Morgan fingerprint density at radius 1 is 1.03 bits per heavy atom. The number of anilines is 1. The molecule has 2 aromatic carbocycles. The van der Waals surface area contributed by atoms with Crippen LogP contribution in [-0.2, 0) is 11.2 Å². The summed E-state index contributed by atoms with van der Waals surface area (Å²) < 4.78 is 0.948. The van der Waals surface area contributed by atoms with Crippen molar-refractivity contribution in [1.82, 2.24) is 10.2 Å². The fourth-order valence-corrected chi connectivity index (χ4v) is 4.45. The highest BCUT2D eigenvalue weighted by Crippen LogP contribution is 2.31. The summed E-state index contributed by atoms with van der Waals surface area (Å²) in [6.07, 6.45) is 10.9. The molecule has 30 heavy (non-hydrogen) atoms. The number of carbonyl (C=O) groups is 1. The van der Waals surface area contributed by atoms with Crippen molar-refractivity contribution in [3.63, 3.8) is 0 Å². The monoisotopic (exact) mass is 483 g/mol. The van der Waals surface area contributed by atoms with Crippen molar-refractivity contribution < 1.29 is 4.79 Å². The molecule has 0 fully saturated rings. The largest absolute Gasteiger partial charge is 0.297 e. The summed E-state index contributed by atoms with van der Waals surface area (Å²) >= 11 is 4.86. The van der Waals surface area contributed by atoms with Crippen LogP contribution in [0.3, 0.4) is 0 Å². The van der Waals surface area contributed by atoms with Crippen LogP contribution in [0.25, 0.3) is 16.6 Å². The lowest BCUT2D eigenvalue weighted by atomic mass is 10.0. The second kappa shape index (κ2) is 11.8. The van der Waals surface area contributed by atoms with Gasteiger partial charge in [-0.3, -0.25) is 10.1 Å². The van der Waals surface area contributed by atoms with E-state index in [1.165, 1.54) is 55.1 Å². The van der Waals surface area contributed by atoms with Crippen LogP contribution in [0.15, 0.2) is 59.1 Å². The predicted molar refractivity (Wildman–Crippen MR) is 130 cm³/mol. The van der Waals surface area contributed by atoms with E-state index in [0.717, 1.165) is 27.0 Å². The van der Waals surface area contributed by atoms with Gasteiger partial charge in [-0.05, 0) is 36.1 Å². The molecule has 0 saturated carbocycles. The Balaban J connectivity index is 1.50. The molecule has 0 radical (unpaired) electrons. The predicted octanol–water partition coefficient (Wildman–Crippen LogP) is 7.13. The molecular weight excluding hydrogens is 458 g/mol. The van der Waals surface area contributed by atoms with Gasteiger partial charge in [0.2, 0.25) is 11.0 Å². The summed E-state index contributed by atoms with van der Waals surface area (Å²) in [5.74, 6) is -0.218. The number of halogens is 1. The number of rotatable bonds is 10. The lowest BCUT2D eigenvalue weighted by Gasteiger charge is -2.02. The third-order valence-electron chi connectivity index (χ3n) is 4.74. The zero-order valence-electron chi connectivity index (χ0n) is 17.1. The molecule has 0 aliphatic heterocycles. The number of amides is 1. The van der Waals surface area contributed by atoms with Gasteiger partial charge in [0, 0.05) is 16.1 Å². The molecule has 3 rings (SSSR count). The SMILES string of the molecule is CCCCCCCc1ccc(/C=C\C(=O)Nc2nnc(-c3ccccc3Br)s2)cc1. The van der Waals surface area contributed by atoms with Gasteiger partial charge in [-0.25, -0.2) is 0 Å². The molecule has 0 saturated heterocycles. The number of unbranched alkanes of at least 4 members (excludes halogenated alkanes) is 4. The minimum Gasteiger partial charge on any atom is -0.297 e. The fraction of sp³-hybridized carbons (Fsp3) is 0.292. The minimum atomic E-state index is -0.218. The molecule has 0 bridgehead atoms. The van der Waals surface area contributed by atoms with Crippen LogP contribution in [-0.4, -0.2) is 16.1 Å². The minimum absolute atomic E-state index is 0.218. The molecule has 1 aromatic heterocycles. The molecule has 3 aromatic rings. The number of carbonyl (C=O) groups excluding carboxylic acids is 1. The van der Waals surface area contributed by atoms with E-state index in [1.807, 2.05) is 30.3 Å². The van der Waals surface area contributed by atoms with Crippen molar-refractivity contribution in [2.75, 3.05) is 5.32 Å². The van der Waals surface area contributed by atoms with Crippen molar-refractivity contribution in [3.05, 3.63) is 70.2 Å². The molecule has 4 nitrogen and oxygen atoms in total. The van der Waals surface area contributed by atoms with Crippen LogP contribution >= 0.6 is 27.3 Å². The van der Waals surface area contributed by atoms with Crippen LogP contribution in [0, 0.1) is 0 Å². The molecule has 0 spiro atoms. The number of aromatic nitrogens is 2. The third kappa shape index (κ3) is 6.89. The van der Waals surface area contributed by atoms with E-state index < -0.39 is 0 Å². The Morgan fingerprint density at radius 2 is 1.80 bits per heavy atom. The Kier molecular flexibility index (Phi) is 8.78. The normalized spacial score (nSPS) is 11.1. The topological polar surface area (TPSA) is 54.9 Å². The standard InChI is InChI=1S/C24H26BrN3OS/c1-2-3-4-5-6-9-18-12-14-19(15-13-18)16-17-22(29)26-24-28-27-23(30-24)20-10-7-8-11-21(20)25/h7-8,10-17H,2-6,9H2,1H3,(H,26,28,29)/b17-16-. The van der Waals surface area contributed by atoms with E-state index in [-0.39, 0.29) is 5.91 Å². The van der Waals surface area contributed by atoms with Crippen molar-refractivity contribution >= 4 is 44.4 Å². The summed E-state index contributed by atoms with van der Waals surface area (Å²) in [6, 6.07) is 16.2. The highest BCUT2D eigenvalue weighted by atomic mass is 79.9. The first-order chi connectivity index (χ1) is 14.7. The summed E-state index contributed by atoms with van der Waals surface area (Å²) in [4.78, 5) is 12.2. The van der Waals surface area contributed by atoms with Crippen molar-refractivity contribution in [2.24, 2.45) is 0 Å². The highest BCUT2D eigenvalue weighted by molar-refractivity contribution is 9.10. The maximum absolute atomic E-state index is 12.2. The van der Waals surface area contributed by atoms with Crippen LogP contribution in [0.2, 0.25) is 0 Å². The molecule has 0 unspecified atom stereocenters. The van der Waals surface area contributed by atoms with Crippen molar-refractivity contribution in [2.45, 2.75) is 45.4 Å². The molecule has 1 N–H and O–H groups in total.